The van der Waals surface area contributed by atoms with E-state index in [9.17, 15) is 8.42 Å². The second-order valence-corrected chi connectivity index (χ2v) is 7.59. The smallest absolute Gasteiger partial charge is 0.244 e. The lowest BCUT2D eigenvalue weighted by molar-refractivity contribution is 0.360. The van der Waals surface area contributed by atoms with Crippen LogP contribution in [0.2, 0.25) is 5.02 Å². The Bertz CT molecular complexity index is 590. The van der Waals surface area contributed by atoms with Crippen LogP contribution in [0.25, 0.3) is 0 Å². The Morgan fingerprint density at radius 2 is 2.05 bits per heavy atom. The zero-order valence-electron chi connectivity index (χ0n) is 10.7. The predicted molar refractivity (Wildman–Crippen MR) is 74.7 cm³/mol. The molecule has 3 atom stereocenters. The fourth-order valence-corrected chi connectivity index (χ4v) is 5.45. The molecule has 6 heteroatoms. The molecular weight excluding hydrogens is 284 g/mol. The van der Waals surface area contributed by atoms with E-state index in [1.807, 2.05) is 6.92 Å². The van der Waals surface area contributed by atoms with Gasteiger partial charge in [-0.05, 0) is 44.0 Å². The van der Waals surface area contributed by atoms with Gasteiger partial charge in [0.05, 0.1) is 5.02 Å². The maximum atomic E-state index is 12.7. The van der Waals surface area contributed by atoms with Gasteiger partial charge in [-0.15, -0.1) is 0 Å². The van der Waals surface area contributed by atoms with Gasteiger partial charge >= 0.3 is 0 Å². The summed E-state index contributed by atoms with van der Waals surface area (Å²) in [7, 11) is -3.49. The topological polar surface area (TPSA) is 49.4 Å². The van der Waals surface area contributed by atoms with Crippen molar-refractivity contribution in [1.29, 1.82) is 0 Å². The number of sulfonamides is 1. The molecule has 19 heavy (non-hydrogen) atoms. The standard InChI is InChI=1S/C13H17ClN2O2S/c1-9-11-7-15-6-10(11)8-16(9)19(17,18)13-5-3-2-4-12(13)14/h2-5,9-11,15H,6-8H2,1H3. The summed E-state index contributed by atoms with van der Waals surface area (Å²) in [6, 6.07) is 6.69. The SMILES string of the molecule is CC1C2CNCC2CN1S(=O)(=O)c1ccccc1Cl. The van der Waals surface area contributed by atoms with Crippen molar-refractivity contribution in [3.8, 4) is 0 Å². The Kier molecular flexibility index (Phi) is 3.33. The highest BCUT2D eigenvalue weighted by molar-refractivity contribution is 7.89. The third kappa shape index (κ3) is 2.09. The fraction of sp³-hybridized carbons (Fsp3) is 0.538. The van der Waals surface area contributed by atoms with E-state index < -0.39 is 10.0 Å². The summed E-state index contributed by atoms with van der Waals surface area (Å²) in [6.07, 6.45) is 0. The molecular formula is C13H17ClN2O2S. The molecule has 0 aliphatic carbocycles. The molecule has 0 aromatic heterocycles. The van der Waals surface area contributed by atoms with Crippen molar-refractivity contribution in [2.75, 3.05) is 19.6 Å². The molecule has 0 bridgehead atoms. The van der Waals surface area contributed by atoms with Gasteiger partial charge in [-0.3, -0.25) is 0 Å². The van der Waals surface area contributed by atoms with Gasteiger partial charge in [0, 0.05) is 12.6 Å². The van der Waals surface area contributed by atoms with Gasteiger partial charge in [0.15, 0.2) is 0 Å². The van der Waals surface area contributed by atoms with E-state index in [2.05, 4.69) is 5.32 Å². The molecule has 1 aromatic rings. The molecule has 2 aliphatic heterocycles. The Morgan fingerprint density at radius 3 is 2.74 bits per heavy atom. The van der Waals surface area contributed by atoms with E-state index in [4.69, 9.17) is 11.6 Å². The first-order valence-corrected chi connectivity index (χ1v) is 8.30. The molecule has 2 fully saturated rings. The van der Waals surface area contributed by atoms with Crippen LogP contribution < -0.4 is 5.32 Å². The number of halogens is 1. The molecule has 0 saturated carbocycles. The maximum absolute atomic E-state index is 12.7. The average Bonchev–Trinajstić information content (AvgIpc) is 2.93. The third-order valence-electron chi connectivity index (χ3n) is 4.30. The van der Waals surface area contributed by atoms with Crippen molar-refractivity contribution in [2.45, 2.75) is 17.9 Å². The minimum Gasteiger partial charge on any atom is -0.316 e. The van der Waals surface area contributed by atoms with Crippen LogP contribution in [-0.4, -0.2) is 38.4 Å². The van der Waals surface area contributed by atoms with Crippen LogP contribution in [0.15, 0.2) is 29.2 Å². The van der Waals surface area contributed by atoms with Gasteiger partial charge in [-0.1, -0.05) is 23.7 Å². The van der Waals surface area contributed by atoms with E-state index in [0.29, 0.717) is 23.4 Å². The van der Waals surface area contributed by atoms with Crippen molar-refractivity contribution in [1.82, 2.24) is 9.62 Å². The highest BCUT2D eigenvalue weighted by Crippen LogP contribution is 2.37. The molecule has 3 unspecified atom stereocenters. The van der Waals surface area contributed by atoms with Crippen LogP contribution in [-0.2, 0) is 10.0 Å². The van der Waals surface area contributed by atoms with E-state index in [0.717, 1.165) is 13.1 Å². The zero-order valence-corrected chi connectivity index (χ0v) is 12.3. The summed E-state index contributed by atoms with van der Waals surface area (Å²) in [5.74, 6) is 0.838. The molecule has 0 amide bonds. The first-order valence-electron chi connectivity index (χ1n) is 6.49. The lowest BCUT2D eigenvalue weighted by Gasteiger charge is -2.24. The number of nitrogens with zero attached hydrogens (tertiary/aromatic N) is 1. The zero-order chi connectivity index (χ0) is 13.6. The summed E-state index contributed by atoms with van der Waals surface area (Å²) in [5.41, 5.74) is 0. The minimum atomic E-state index is -3.49. The summed E-state index contributed by atoms with van der Waals surface area (Å²) < 4.78 is 27.1. The predicted octanol–water partition coefficient (Wildman–Crippen LogP) is 1.57. The molecule has 4 nitrogen and oxygen atoms in total. The molecule has 104 valence electrons. The van der Waals surface area contributed by atoms with Gasteiger partial charge in [0.1, 0.15) is 4.90 Å². The van der Waals surface area contributed by atoms with E-state index >= 15 is 0 Å². The number of hydrogen-bond acceptors (Lipinski definition) is 3. The van der Waals surface area contributed by atoms with Gasteiger partial charge in [-0.25, -0.2) is 8.42 Å². The first-order chi connectivity index (χ1) is 9.01. The lowest BCUT2D eigenvalue weighted by atomic mass is 9.95. The van der Waals surface area contributed by atoms with Crippen LogP contribution >= 0.6 is 11.6 Å². The highest BCUT2D eigenvalue weighted by Gasteiger charge is 2.47. The van der Waals surface area contributed by atoms with Crippen LogP contribution in [0.1, 0.15) is 6.92 Å². The Balaban J connectivity index is 1.96. The Morgan fingerprint density at radius 1 is 1.32 bits per heavy atom. The van der Waals surface area contributed by atoms with Crippen LogP contribution in [0.5, 0.6) is 0 Å². The van der Waals surface area contributed by atoms with Gasteiger partial charge < -0.3 is 5.32 Å². The summed E-state index contributed by atoms with van der Waals surface area (Å²) in [6.45, 7) is 4.39. The van der Waals surface area contributed by atoms with Crippen LogP contribution in [0.3, 0.4) is 0 Å². The minimum absolute atomic E-state index is 0.0290. The van der Waals surface area contributed by atoms with Crippen LogP contribution in [0.4, 0.5) is 0 Å². The molecule has 1 aromatic carbocycles. The molecule has 2 aliphatic rings. The molecule has 1 N–H and O–H groups in total. The summed E-state index contributed by atoms with van der Waals surface area (Å²) in [4.78, 5) is 0.219. The Hall–Kier alpha value is -0.620. The molecule has 2 heterocycles. The van der Waals surface area contributed by atoms with Gasteiger partial charge in [0.25, 0.3) is 0 Å². The van der Waals surface area contributed by atoms with Gasteiger partial charge in [0.2, 0.25) is 10.0 Å². The van der Waals surface area contributed by atoms with Crippen molar-refractivity contribution in [2.24, 2.45) is 11.8 Å². The average molecular weight is 301 g/mol. The lowest BCUT2D eigenvalue weighted by Crippen LogP contribution is -2.38. The largest absolute Gasteiger partial charge is 0.316 e. The van der Waals surface area contributed by atoms with E-state index in [1.54, 1.807) is 28.6 Å². The number of fused-ring (bicyclic) bond motifs is 1. The van der Waals surface area contributed by atoms with E-state index in [1.165, 1.54) is 0 Å². The normalized spacial score (nSPS) is 31.6. The number of hydrogen-bond donors (Lipinski definition) is 1. The quantitative estimate of drug-likeness (QED) is 0.902. The molecule has 0 spiro atoms. The second-order valence-electron chi connectivity index (χ2n) is 5.33. The molecule has 3 rings (SSSR count). The second kappa shape index (κ2) is 4.74. The molecule has 2 saturated heterocycles. The fourth-order valence-electron chi connectivity index (χ4n) is 3.23. The van der Waals surface area contributed by atoms with Crippen molar-refractivity contribution in [3.05, 3.63) is 29.3 Å². The summed E-state index contributed by atoms with van der Waals surface area (Å²) >= 11 is 6.04. The van der Waals surface area contributed by atoms with Gasteiger partial charge in [-0.2, -0.15) is 4.31 Å². The summed E-state index contributed by atoms with van der Waals surface area (Å²) in [5, 5.41) is 3.63. The van der Waals surface area contributed by atoms with Crippen molar-refractivity contribution in [3.63, 3.8) is 0 Å². The third-order valence-corrected chi connectivity index (χ3v) is 6.76. The number of rotatable bonds is 2. The Labute approximate surface area is 118 Å². The van der Waals surface area contributed by atoms with Crippen LogP contribution in [0, 0.1) is 11.8 Å². The highest BCUT2D eigenvalue weighted by atomic mass is 35.5. The van der Waals surface area contributed by atoms with E-state index in [-0.39, 0.29) is 10.9 Å². The van der Waals surface area contributed by atoms with Crippen molar-refractivity contribution >= 4 is 21.6 Å². The maximum Gasteiger partial charge on any atom is 0.244 e. The molecule has 0 radical (unpaired) electrons. The number of benzene rings is 1. The first kappa shape index (κ1) is 13.4. The van der Waals surface area contributed by atoms with Crippen molar-refractivity contribution < 1.29 is 8.42 Å². The monoisotopic (exact) mass is 300 g/mol. The number of nitrogens with one attached hydrogen (secondary N) is 1.